The standard InChI is InChI=1S/C14H27NO/c1-10(11-5-6-11)15-9-12-7-8-16-13(12)14(2,3)4/h10-13,15H,5-9H2,1-4H3. The van der Waals surface area contributed by atoms with Gasteiger partial charge in [0.2, 0.25) is 0 Å². The van der Waals surface area contributed by atoms with Crippen LogP contribution < -0.4 is 5.32 Å². The zero-order chi connectivity index (χ0) is 11.8. The van der Waals surface area contributed by atoms with Crippen molar-refractivity contribution in [3.63, 3.8) is 0 Å². The molecule has 2 fully saturated rings. The Balaban J connectivity index is 1.79. The van der Waals surface area contributed by atoms with E-state index in [2.05, 4.69) is 33.0 Å². The lowest BCUT2D eigenvalue weighted by atomic mass is 9.81. The monoisotopic (exact) mass is 225 g/mol. The van der Waals surface area contributed by atoms with Crippen LogP contribution in [-0.2, 0) is 4.74 Å². The molecular weight excluding hydrogens is 198 g/mol. The number of hydrogen-bond acceptors (Lipinski definition) is 2. The maximum absolute atomic E-state index is 5.90. The molecule has 2 rings (SSSR count). The first-order chi connectivity index (χ1) is 7.48. The first-order valence-corrected chi connectivity index (χ1v) is 6.83. The van der Waals surface area contributed by atoms with E-state index in [-0.39, 0.29) is 5.41 Å². The lowest BCUT2D eigenvalue weighted by Gasteiger charge is -2.32. The minimum atomic E-state index is 0.283. The van der Waals surface area contributed by atoms with Gasteiger partial charge in [-0.05, 0) is 37.5 Å². The van der Waals surface area contributed by atoms with E-state index in [1.54, 1.807) is 0 Å². The second-order valence-corrected chi connectivity index (χ2v) is 6.74. The zero-order valence-electron chi connectivity index (χ0n) is 11.3. The fraction of sp³-hybridized carbons (Fsp3) is 1.00. The van der Waals surface area contributed by atoms with Crippen molar-refractivity contribution in [3.05, 3.63) is 0 Å². The third kappa shape index (κ3) is 2.98. The van der Waals surface area contributed by atoms with Crippen LogP contribution in [0.5, 0.6) is 0 Å². The first kappa shape index (κ1) is 12.4. The summed E-state index contributed by atoms with van der Waals surface area (Å²) in [4.78, 5) is 0. The molecular formula is C14H27NO. The van der Waals surface area contributed by atoms with Crippen LogP contribution in [-0.4, -0.2) is 25.3 Å². The summed E-state index contributed by atoms with van der Waals surface area (Å²) < 4.78 is 5.90. The van der Waals surface area contributed by atoms with Gasteiger partial charge in [-0.15, -0.1) is 0 Å². The lowest BCUT2D eigenvalue weighted by Crippen LogP contribution is -2.40. The van der Waals surface area contributed by atoms with Gasteiger partial charge in [0.05, 0.1) is 6.10 Å². The van der Waals surface area contributed by atoms with Crippen LogP contribution >= 0.6 is 0 Å². The van der Waals surface area contributed by atoms with Crippen molar-refractivity contribution < 1.29 is 4.74 Å². The van der Waals surface area contributed by atoms with Crippen molar-refractivity contribution in [2.45, 2.75) is 59.1 Å². The van der Waals surface area contributed by atoms with Gasteiger partial charge in [0.15, 0.2) is 0 Å². The van der Waals surface area contributed by atoms with Crippen LogP contribution in [0.3, 0.4) is 0 Å². The lowest BCUT2D eigenvalue weighted by molar-refractivity contribution is 0.00677. The molecule has 1 aliphatic carbocycles. The number of nitrogens with one attached hydrogen (secondary N) is 1. The molecule has 2 aliphatic rings. The van der Waals surface area contributed by atoms with Crippen molar-refractivity contribution in [1.29, 1.82) is 0 Å². The van der Waals surface area contributed by atoms with E-state index in [0.29, 0.717) is 18.1 Å². The predicted molar refractivity (Wildman–Crippen MR) is 67.5 cm³/mol. The Labute approximate surface area is 100 Å². The van der Waals surface area contributed by atoms with E-state index >= 15 is 0 Å². The highest BCUT2D eigenvalue weighted by Gasteiger charge is 2.37. The van der Waals surface area contributed by atoms with Crippen molar-refractivity contribution in [2.75, 3.05) is 13.2 Å². The quantitative estimate of drug-likeness (QED) is 0.794. The second-order valence-electron chi connectivity index (χ2n) is 6.74. The highest BCUT2D eigenvalue weighted by atomic mass is 16.5. The maximum atomic E-state index is 5.90. The summed E-state index contributed by atoms with van der Waals surface area (Å²) in [6.45, 7) is 11.3. The minimum absolute atomic E-state index is 0.283. The number of hydrogen-bond donors (Lipinski definition) is 1. The third-order valence-corrected chi connectivity index (χ3v) is 4.10. The molecule has 1 heterocycles. The Morgan fingerprint density at radius 3 is 2.50 bits per heavy atom. The third-order valence-electron chi connectivity index (χ3n) is 4.10. The molecule has 3 unspecified atom stereocenters. The largest absolute Gasteiger partial charge is 0.377 e. The van der Waals surface area contributed by atoms with Crippen molar-refractivity contribution in [1.82, 2.24) is 5.32 Å². The van der Waals surface area contributed by atoms with Gasteiger partial charge in [-0.25, -0.2) is 0 Å². The van der Waals surface area contributed by atoms with Crippen LogP contribution in [0.25, 0.3) is 0 Å². The molecule has 16 heavy (non-hydrogen) atoms. The van der Waals surface area contributed by atoms with Crippen molar-refractivity contribution in [3.8, 4) is 0 Å². The van der Waals surface area contributed by atoms with Gasteiger partial charge in [-0.2, -0.15) is 0 Å². The van der Waals surface area contributed by atoms with E-state index < -0.39 is 0 Å². The Morgan fingerprint density at radius 1 is 1.25 bits per heavy atom. The van der Waals surface area contributed by atoms with E-state index in [1.165, 1.54) is 19.3 Å². The summed E-state index contributed by atoms with van der Waals surface area (Å²) in [5, 5.41) is 3.71. The summed E-state index contributed by atoms with van der Waals surface area (Å²) in [6, 6.07) is 0.709. The molecule has 0 spiro atoms. The molecule has 1 aliphatic heterocycles. The molecule has 0 radical (unpaired) electrons. The summed E-state index contributed by atoms with van der Waals surface area (Å²) in [5.74, 6) is 1.66. The van der Waals surface area contributed by atoms with Crippen LogP contribution in [0.1, 0.15) is 47.0 Å². The first-order valence-electron chi connectivity index (χ1n) is 6.83. The highest BCUT2D eigenvalue weighted by molar-refractivity contribution is 4.89. The normalized spacial score (nSPS) is 33.0. The van der Waals surface area contributed by atoms with Gasteiger partial charge in [-0.3, -0.25) is 0 Å². The van der Waals surface area contributed by atoms with Crippen LogP contribution in [0.4, 0.5) is 0 Å². The summed E-state index contributed by atoms with van der Waals surface area (Å²) in [7, 11) is 0. The minimum Gasteiger partial charge on any atom is -0.377 e. The van der Waals surface area contributed by atoms with Gasteiger partial charge < -0.3 is 10.1 Å². The molecule has 3 atom stereocenters. The fourth-order valence-electron chi connectivity index (χ4n) is 2.90. The Hall–Kier alpha value is -0.0800. The maximum Gasteiger partial charge on any atom is 0.0664 e. The average molecular weight is 225 g/mol. The second kappa shape index (κ2) is 4.66. The summed E-state index contributed by atoms with van der Waals surface area (Å²) in [6.07, 6.45) is 4.52. The molecule has 0 aromatic carbocycles. The molecule has 1 N–H and O–H groups in total. The predicted octanol–water partition coefficient (Wildman–Crippen LogP) is 2.83. The van der Waals surface area contributed by atoms with Gasteiger partial charge >= 0.3 is 0 Å². The average Bonchev–Trinajstić information content (AvgIpc) is 2.91. The molecule has 0 bridgehead atoms. The smallest absolute Gasteiger partial charge is 0.0664 e. The topological polar surface area (TPSA) is 21.3 Å². The molecule has 2 nitrogen and oxygen atoms in total. The van der Waals surface area contributed by atoms with E-state index in [4.69, 9.17) is 4.74 Å². The SMILES string of the molecule is CC(NCC1CCOC1C(C)(C)C)C1CC1. The Morgan fingerprint density at radius 2 is 1.94 bits per heavy atom. The molecule has 94 valence electrons. The molecule has 0 aromatic heterocycles. The molecule has 0 amide bonds. The molecule has 2 heteroatoms. The number of rotatable bonds is 4. The van der Waals surface area contributed by atoms with Gasteiger partial charge in [0, 0.05) is 25.1 Å². The van der Waals surface area contributed by atoms with Crippen LogP contribution in [0, 0.1) is 17.3 Å². The van der Waals surface area contributed by atoms with E-state index in [1.807, 2.05) is 0 Å². The Bertz CT molecular complexity index is 229. The Kier molecular flexibility index (Phi) is 3.60. The summed E-state index contributed by atoms with van der Waals surface area (Å²) in [5.41, 5.74) is 0.283. The molecule has 1 saturated heterocycles. The van der Waals surface area contributed by atoms with Gasteiger partial charge in [-0.1, -0.05) is 20.8 Å². The van der Waals surface area contributed by atoms with E-state index in [9.17, 15) is 0 Å². The van der Waals surface area contributed by atoms with Crippen molar-refractivity contribution >= 4 is 0 Å². The van der Waals surface area contributed by atoms with Crippen LogP contribution in [0.15, 0.2) is 0 Å². The van der Waals surface area contributed by atoms with Gasteiger partial charge in [0.1, 0.15) is 0 Å². The fourth-order valence-corrected chi connectivity index (χ4v) is 2.90. The van der Waals surface area contributed by atoms with Crippen LogP contribution in [0.2, 0.25) is 0 Å². The van der Waals surface area contributed by atoms with Gasteiger partial charge in [0.25, 0.3) is 0 Å². The number of ether oxygens (including phenoxy) is 1. The zero-order valence-corrected chi connectivity index (χ0v) is 11.3. The highest BCUT2D eigenvalue weighted by Crippen LogP contribution is 2.35. The summed E-state index contributed by atoms with van der Waals surface area (Å²) >= 11 is 0. The molecule has 1 saturated carbocycles. The van der Waals surface area contributed by atoms with Crippen molar-refractivity contribution in [2.24, 2.45) is 17.3 Å². The van der Waals surface area contributed by atoms with E-state index in [0.717, 1.165) is 19.1 Å². The molecule has 0 aromatic rings.